The Hall–Kier alpha value is -4.31. The van der Waals surface area contributed by atoms with Crippen LogP contribution in [0, 0.1) is 0 Å². The van der Waals surface area contributed by atoms with E-state index in [2.05, 4.69) is 37.2 Å². The molecule has 0 aliphatic carbocycles. The number of nitrogens with one attached hydrogen (secondary N) is 7. The number of urea groups is 2. The maximum absolute atomic E-state index is 13.5. The standard InChI is InChI=1S/C40H64N8O12S2/c41-38(35(57)58,27(49)13-3-1-10-21-43-33(55)39(18-7-5-15-29(51)52)31-25(23-61-39)45-36(59)47-31)17-9-12-20-42-28(50)14-4-2-11-22-44-34(56)40(19-8-6-16-30(53)54)32-26(24-62-40)46-37(60)48-32/h25-26,31-32H,1-24,41H2,(H,42,50)(H,43,55)(H,44,56)(H,51,52)(H,53,54)(H,57,58)(H2,45,47,59)(H2,46,48,60)/t25-,26-,31-,32-,38+,39-,40-/m0/s1. The average Bonchev–Trinajstić information content (AvgIpc) is 3.97. The number of carbonyl (C=O) groups excluding carboxylic acids is 6. The van der Waals surface area contributed by atoms with E-state index < -0.39 is 44.8 Å². The van der Waals surface area contributed by atoms with Gasteiger partial charge in [0, 0.05) is 56.8 Å². The second kappa shape index (κ2) is 23.9. The van der Waals surface area contributed by atoms with Crippen molar-refractivity contribution in [3.63, 3.8) is 0 Å². The Labute approximate surface area is 369 Å². The van der Waals surface area contributed by atoms with Gasteiger partial charge in [0.1, 0.15) is 9.49 Å². The van der Waals surface area contributed by atoms with Crippen LogP contribution in [0.4, 0.5) is 9.59 Å². The molecule has 4 heterocycles. The van der Waals surface area contributed by atoms with Gasteiger partial charge in [-0.25, -0.2) is 14.4 Å². The summed E-state index contributed by atoms with van der Waals surface area (Å²) < 4.78 is -1.82. The fourth-order valence-electron chi connectivity index (χ4n) is 8.62. The topological polar surface area (TPSA) is 325 Å². The number of aliphatic carboxylic acids is 3. The van der Waals surface area contributed by atoms with Crippen LogP contribution in [0.15, 0.2) is 0 Å². The third-order valence-corrected chi connectivity index (χ3v) is 15.5. The molecule has 12 N–H and O–H groups in total. The molecule has 0 bridgehead atoms. The van der Waals surface area contributed by atoms with E-state index in [0.29, 0.717) is 114 Å². The smallest absolute Gasteiger partial charge is 0.331 e. The van der Waals surface area contributed by atoms with Gasteiger partial charge in [-0.15, -0.1) is 23.5 Å². The summed E-state index contributed by atoms with van der Waals surface area (Å²) in [6, 6.07) is -1.84. The normalized spacial score (nSPS) is 25.6. The minimum Gasteiger partial charge on any atom is -0.481 e. The molecule has 20 nitrogen and oxygen atoms in total. The first-order valence-electron chi connectivity index (χ1n) is 21.8. The lowest BCUT2D eigenvalue weighted by Crippen LogP contribution is -2.56. The van der Waals surface area contributed by atoms with E-state index in [-0.39, 0.29) is 86.6 Å². The molecule has 7 atom stereocenters. The van der Waals surface area contributed by atoms with Crippen molar-refractivity contribution in [3.8, 4) is 0 Å². The maximum atomic E-state index is 13.5. The van der Waals surface area contributed by atoms with Gasteiger partial charge in [-0.3, -0.25) is 28.8 Å². The summed E-state index contributed by atoms with van der Waals surface area (Å²) in [4.78, 5) is 110. The Bertz CT molecular complexity index is 1660. The largest absolute Gasteiger partial charge is 0.481 e. The van der Waals surface area contributed by atoms with Crippen molar-refractivity contribution in [3.05, 3.63) is 0 Å². The number of ketones is 1. The van der Waals surface area contributed by atoms with Crippen molar-refractivity contribution < 1.29 is 58.5 Å². The molecule has 4 saturated heterocycles. The first-order valence-corrected chi connectivity index (χ1v) is 23.8. The Morgan fingerprint density at radius 2 is 1.02 bits per heavy atom. The Morgan fingerprint density at radius 3 is 1.48 bits per heavy atom. The lowest BCUT2D eigenvalue weighted by Gasteiger charge is -2.32. The number of carboxylic acids is 3. The van der Waals surface area contributed by atoms with Crippen molar-refractivity contribution in [2.45, 2.75) is 161 Å². The lowest BCUT2D eigenvalue weighted by atomic mass is 9.86. The van der Waals surface area contributed by atoms with E-state index in [4.69, 9.17) is 15.9 Å². The SMILES string of the molecule is N[C@@](CCCCNC(=O)CCCCCNC(=O)[C@@]1(CCCCC(=O)O)SC[C@@H]2NC(=O)N[C@@H]21)(C(=O)O)C(=O)CCCCCNC(=O)[C@@]1(CCCCC(=O)O)SC[C@@H]2NC(=O)N[C@@H]21. The number of hydrogen-bond acceptors (Lipinski definition) is 12. The molecular formula is C40H64N8O12S2. The lowest BCUT2D eigenvalue weighted by molar-refractivity contribution is -0.149. The number of fused-ring (bicyclic) bond motifs is 2. The Morgan fingerprint density at radius 1 is 0.581 bits per heavy atom. The third-order valence-electron chi connectivity index (χ3n) is 12.1. The van der Waals surface area contributed by atoms with Crippen LogP contribution in [0.25, 0.3) is 0 Å². The van der Waals surface area contributed by atoms with Crippen LogP contribution < -0.4 is 43.0 Å². The van der Waals surface area contributed by atoms with Crippen molar-refractivity contribution in [2.24, 2.45) is 5.73 Å². The molecule has 4 rings (SSSR count). The van der Waals surface area contributed by atoms with Gasteiger partial charge in [-0.2, -0.15) is 0 Å². The summed E-state index contributed by atoms with van der Waals surface area (Å²) in [5, 5.41) is 48.0. The van der Waals surface area contributed by atoms with E-state index >= 15 is 0 Å². The number of unbranched alkanes of at least 4 members (excludes halogenated alkanes) is 7. The van der Waals surface area contributed by atoms with Gasteiger partial charge in [-0.1, -0.05) is 25.7 Å². The van der Waals surface area contributed by atoms with Crippen LogP contribution in [-0.2, 0) is 33.6 Å². The number of carboxylic acid groups (broad SMARTS) is 3. The van der Waals surface area contributed by atoms with E-state index in [9.17, 15) is 48.3 Å². The molecule has 22 heteroatoms. The maximum Gasteiger partial charge on any atom is 0.331 e. The molecular weight excluding hydrogens is 849 g/mol. The van der Waals surface area contributed by atoms with Crippen molar-refractivity contribution in [2.75, 3.05) is 31.1 Å². The fraction of sp³-hybridized carbons (Fsp3) is 0.775. The Kier molecular flexibility index (Phi) is 19.4. The summed E-state index contributed by atoms with van der Waals surface area (Å²) in [6.45, 7) is 0.984. The van der Waals surface area contributed by atoms with Gasteiger partial charge in [0.25, 0.3) is 0 Å². The highest BCUT2D eigenvalue weighted by Crippen LogP contribution is 2.45. The predicted molar refractivity (Wildman–Crippen MR) is 230 cm³/mol. The number of amides is 7. The zero-order chi connectivity index (χ0) is 45.3. The number of hydrogen-bond donors (Lipinski definition) is 11. The number of thioether (sulfide) groups is 2. The van der Waals surface area contributed by atoms with E-state index in [1.807, 2.05) is 0 Å². The van der Waals surface area contributed by atoms with Crippen molar-refractivity contribution >= 4 is 77.0 Å². The number of carbonyl (C=O) groups is 9. The van der Waals surface area contributed by atoms with Crippen LogP contribution in [0.2, 0.25) is 0 Å². The molecule has 4 aliphatic rings. The molecule has 0 radical (unpaired) electrons. The van der Waals surface area contributed by atoms with Gasteiger partial charge < -0.3 is 58.3 Å². The molecule has 4 aliphatic heterocycles. The van der Waals surface area contributed by atoms with Crippen molar-refractivity contribution in [1.82, 2.24) is 37.2 Å². The van der Waals surface area contributed by atoms with Crippen molar-refractivity contribution in [1.29, 1.82) is 0 Å². The number of nitrogens with two attached hydrogens (primary N) is 1. The third kappa shape index (κ3) is 13.6. The van der Waals surface area contributed by atoms with Gasteiger partial charge in [0.2, 0.25) is 17.7 Å². The fourth-order valence-corrected chi connectivity index (χ4v) is 11.9. The second-order valence-electron chi connectivity index (χ2n) is 16.6. The van der Waals surface area contributed by atoms with Gasteiger partial charge in [-0.05, 0) is 70.6 Å². The second-order valence-corrected chi connectivity index (χ2v) is 19.3. The van der Waals surface area contributed by atoms with Crippen LogP contribution in [0.1, 0.15) is 122 Å². The first kappa shape index (κ1) is 50.3. The molecule has 0 aromatic rings. The molecule has 62 heavy (non-hydrogen) atoms. The van der Waals surface area contributed by atoms with Crippen LogP contribution in [0.3, 0.4) is 0 Å². The molecule has 348 valence electrons. The Balaban J connectivity index is 1.06. The highest BCUT2D eigenvalue weighted by atomic mass is 32.2. The predicted octanol–water partition coefficient (Wildman–Crippen LogP) is 1.34. The quantitative estimate of drug-likeness (QED) is 0.0266. The first-order chi connectivity index (χ1) is 29.5. The molecule has 0 aromatic carbocycles. The highest BCUT2D eigenvalue weighted by molar-refractivity contribution is 8.02. The van der Waals surface area contributed by atoms with Crippen LogP contribution >= 0.6 is 23.5 Å². The van der Waals surface area contributed by atoms with Crippen LogP contribution in [0.5, 0.6) is 0 Å². The zero-order valence-electron chi connectivity index (χ0n) is 35.2. The monoisotopic (exact) mass is 912 g/mol. The summed E-state index contributed by atoms with van der Waals surface area (Å²) in [5.74, 6) is -3.27. The molecule has 7 amide bonds. The summed E-state index contributed by atoms with van der Waals surface area (Å²) in [5.41, 5.74) is 4.05. The number of rotatable bonds is 31. The van der Waals surface area contributed by atoms with Gasteiger partial charge >= 0.3 is 30.0 Å². The minimum atomic E-state index is -2.06. The molecule has 0 aromatic heterocycles. The summed E-state index contributed by atoms with van der Waals surface area (Å²) >= 11 is 2.93. The number of Topliss-reactive ketones (excluding diaryl/α,β-unsaturated/α-hetero) is 1. The van der Waals surface area contributed by atoms with Gasteiger partial charge in [0.05, 0.1) is 24.2 Å². The average molecular weight is 913 g/mol. The van der Waals surface area contributed by atoms with E-state index in [1.54, 1.807) is 0 Å². The van der Waals surface area contributed by atoms with E-state index in [0.717, 1.165) is 0 Å². The zero-order valence-corrected chi connectivity index (χ0v) is 36.8. The minimum absolute atomic E-state index is 0.00709. The van der Waals surface area contributed by atoms with Crippen LogP contribution in [-0.4, -0.2) is 139 Å². The molecule has 0 unspecified atom stereocenters. The molecule has 4 fully saturated rings. The van der Waals surface area contributed by atoms with Gasteiger partial charge in [0.15, 0.2) is 11.3 Å². The molecule has 0 spiro atoms. The summed E-state index contributed by atoms with van der Waals surface area (Å²) in [6.07, 6.45) is 6.91. The highest BCUT2D eigenvalue weighted by Gasteiger charge is 2.58. The molecule has 0 saturated carbocycles. The summed E-state index contributed by atoms with van der Waals surface area (Å²) in [7, 11) is 0. The van der Waals surface area contributed by atoms with E-state index in [1.165, 1.54) is 23.5 Å².